The molecule has 0 saturated heterocycles. The predicted molar refractivity (Wildman–Crippen MR) is 93.0 cm³/mol. The Hall–Kier alpha value is -3.62. The minimum atomic E-state index is -0.591. The van der Waals surface area contributed by atoms with Gasteiger partial charge >= 0.3 is 0 Å². The highest BCUT2D eigenvalue weighted by atomic mass is 19.1. The van der Waals surface area contributed by atoms with Crippen molar-refractivity contribution in [2.24, 2.45) is 0 Å². The highest BCUT2D eigenvalue weighted by molar-refractivity contribution is 6.03. The maximum Gasteiger partial charge on any atom is 0.277 e. The monoisotopic (exact) mass is 354 g/mol. The summed E-state index contributed by atoms with van der Waals surface area (Å²) in [5, 5.41) is 2.59. The summed E-state index contributed by atoms with van der Waals surface area (Å²) in [6, 6.07) is 5.99. The number of hydrogen-bond acceptors (Lipinski definition) is 7. The zero-order valence-electron chi connectivity index (χ0n) is 13.8. The first-order valence-electron chi connectivity index (χ1n) is 7.71. The number of nitrogens with one attached hydrogen (secondary N) is 1. The zero-order chi connectivity index (χ0) is 18.5. The van der Waals surface area contributed by atoms with Crippen LogP contribution in [0.25, 0.3) is 11.3 Å². The summed E-state index contributed by atoms with van der Waals surface area (Å²) >= 11 is 0. The third-order valence-electron chi connectivity index (χ3n) is 3.33. The lowest BCUT2D eigenvalue weighted by atomic mass is 10.2. The lowest BCUT2D eigenvalue weighted by Gasteiger charge is -2.09. The second-order valence-electron chi connectivity index (χ2n) is 5.13. The van der Waals surface area contributed by atoms with Gasteiger partial charge in [0.2, 0.25) is 11.8 Å². The molecule has 0 aliphatic carbocycles. The highest BCUT2D eigenvalue weighted by Crippen LogP contribution is 2.23. The van der Waals surface area contributed by atoms with E-state index in [1.54, 1.807) is 12.1 Å². The fraction of sp³-hybridized carbons (Fsp3) is 0.118. The molecule has 0 spiro atoms. The minimum Gasteiger partial charge on any atom is -0.477 e. The summed E-state index contributed by atoms with van der Waals surface area (Å²) in [5.41, 5.74) is 7.31. The summed E-state index contributed by atoms with van der Waals surface area (Å²) in [7, 11) is 0. The van der Waals surface area contributed by atoms with Gasteiger partial charge in [-0.05, 0) is 31.2 Å². The number of rotatable bonds is 5. The van der Waals surface area contributed by atoms with Crippen LogP contribution in [0.2, 0.25) is 0 Å². The molecule has 3 heterocycles. The van der Waals surface area contributed by atoms with Crippen LogP contribution in [-0.4, -0.2) is 32.4 Å². The molecule has 0 radical (unpaired) electrons. The van der Waals surface area contributed by atoms with Gasteiger partial charge in [-0.25, -0.2) is 19.9 Å². The summed E-state index contributed by atoms with van der Waals surface area (Å²) in [4.78, 5) is 28.2. The summed E-state index contributed by atoms with van der Waals surface area (Å²) in [6.07, 6.45) is 4.00. The molecule has 0 unspecified atom stereocenters. The largest absolute Gasteiger partial charge is 0.477 e. The number of amides is 1. The van der Waals surface area contributed by atoms with E-state index in [1.807, 2.05) is 6.92 Å². The molecule has 3 N–H and O–H groups in total. The topological polar surface area (TPSA) is 116 Å². The van der Waals surface area contributed by atoms with Crippen LogP contribution in [0.15, 0.2) is 42.9 Å². The standard InChI is InChI=1S/C17H15FN6O2/c1-2-26-15-9-20-13(8-22-15)17(25)24-16-11(19)4-5-12(23-16)10-3-6-14(18)21-7-10/h3-9H,2,19H2,1H3,(H,23,24,25). The Labute approximate surface area is 148 Å². The Balaban J connectivity index is 1.81. The van der Waals surface area contributed by atoms with E-state index in [4.69, 9.17) is 10.5 Å². The summed E-state index contributed by atoms with van der Waals surface area (Å²) in [5.74, 6) is -0.624. The summed E-state index contributed by atoms with van der Waals surface area (Å²) in [6.45, 7) is 2.27. The van der Waals surface area contributed by atoms with Gasteiger partial charge in [-0.3, -0.25) is 4.79 Å². The Morgan fingerprint density at radius 3 is 2.65 bits per heavy atom. The van der Waals surface area contributed by atoms with Gasteiger partial charge in [-0.2, -0.15) is 4.39 Å². The van der Waals surface area contributed by atoms with E-state index < -0.39 is 11.9 Å². The Bertz CT molecular complexity index is 916. The maximum atomic E-state index is 13.0. The zero-order valence-corrected chi connectivity index (χ0v) is 13.8. The molecule has 26 heavy (non-hydrogen) atoms. The van der Waals surface area contributed by atoms with E-state index in [9.17, 15) is 9.18 Å². The Kier molecular flexibility index (Phi) is 4.97. The number of carbonyl (C=O) groups is 1. The molecule has 3 aromatic heterocycles. The molecule has 132 valence electrons. The van der Waals surface area contributed by atoms with E-state index in [0.29, 0.717) is 23.7 Å². The Morgan fingerprint density at radius 2 is 2.00 bits per heavy atom. The molecule has 9 heteroatoms. The Morgan fingerprint density at radius 1 is 1.15 bits per heavy atom. The minimum absolute atomic E-state index is 0.0866. The van der Waals surface area contributed by atoms with Gasteiger partial charge in [0, 0.05) is 11.8 Å². The van der Waals surface area contributed by atoms with Crippen molar-refractivity contribution in [3.8, 4) is 17.1 Å². The van der Waals surface area contributed by atoms with Crippen molar-refractivity contribution < 1.29 is 13.9 Å². The third-order valence-corrected chi connectivity index (χ3v) is 3.33. The van der Waals surface area contributed by atoms with Crippen LogP contribution in [0.5, 0.6) is 5.88 Å². The average Bonchev–Trinajstić information content (AvgIpc) is 2.65. The van der Waals surface area contributed by atoms with E-state index in [0.717, 1.165) is 0 Å². The number of aromatic nitrogens is 4. The van der Waals surface area contributed by atoms with Gasteiger partial charge in [-0.15, -0.1) is 0 Å². The van der Waals surface area contributed by atoms with E-state index >= 15 is 0 Å². The van der Waals surface area contributed by atoms with Gasteiger partial charge in [0.1, 0.15) is 5.69 Å². The van der Waals surface area contributed by atoms with Gasteiger partial charge in [0.25, 0.3) is 5.91 Å². The number of nitrogens with two attached hydrogens (primary N) is 1. The third kappa shape index (κ3) is 3.89. The first-order valence-corrected chi connectivity index (χ1v) is 7.71. The molecular weight excluding hydrogens is 339 g/mol. The fourth-order valence-electron chi connectivity index (χ4n) is 2.09. The number of nitrogens with zero attached hydrogens (tertiary/aromatic N) is 4. The molecule has 0 aromatic carbocycles. The molecule has 1 amide bonds. The average molecular weight is 354 g/mol. The van der Waals surface area contributed by atoms with Crippen molar-refractivity contribution in [1.29, 1.82) is 0 Å². The lowest BCUT2D eigenvalue weighted by Crippen LogP contribution is -2.16. The van der Waals surface area contributed by atoms with Gasteiger partial charge in [0.05, 0.1) is 30.4 Å². The highest BCUT2D eigenvalue weighted by Gasteiger charge is 2.13. The molecule has 0 aliphatic rings. The van der Waals surface area contributed by atoms with Crippen molar-refractivity contribution in [3.63, 3.8) is 0 Å². The van der Waals surface area contributed by atoms with Crippen molar-refractivity contribution >= 4 is 17.4 Å². The molecule has 0 bridgehead atoms. The lowest BCUT2D eigenvalue weighted by molar-refractivity contribution is 0.102. The first kappa shape index (κ1) is 17.2. The van der Waals surface area contributed by atoms with Crippen molar-refractivity contribution in [1.82, 2.24) is 19.9 Å². The maximum absolute atomic E-state index is 13.0. The molecule has 0 atom stereocenters. The number of carbonyl (C=O) groups excluding carboxylic acids is 1. The second-order valence-corrected chi connectivity index (χ2v) is 5.13. The van der Waals surface area contributed by atoms with E-state index in [2.05, 4.69) is 25.3 Å². The van der Waals surface area contributed by atoms with Crippen LogP contribution in [0.1, 0.15) is 17.4 Å². The quantitative estimate of drug-likeness (QED) is 0.675. The molecule has 0 saturated carbocycles. The van der Waals surface area contributed by atoms with Crippen LogP contribution >= 0.6 is 0 Å². The number of pyridine rings is 2. The van der Waals surface area contributed by atoms with Crippen molar-refractivity contribution in [2.45, 2.75) is 6.92 Å². The number of hydrogen-bond donors (Lipinski definition) is 2. The predicted octanol–water partition coefficient (Wildman–Crippen LogP) is 2.31. The normalized spacial score (nSPS) is 10.4. The van der Waals surface area contributed by atoms with E-state index in [1.165, 1.54) is 30.7 Å². The number of anilines is 2. The van der Waals surface area contributed by atoms with Crippen LogP contribution in [0, 0.1) is 5.95 Å². The molecular formula is C17H15FN6O2. The first-order chi connectivity index (χ1) is 12.6. The van der Waals surface area contributed by atoms with Crippen LogP contribution in [0.4, 0.5) is 15.9 Å². The van der Waals surface area contributed by atoms with Gasteiger partial charge < -0.3 is 15.8 Å². The molecule has 0 aliphatic heterocycles. The number of ether oxygens (including phenoxy) is 1. The number of halogens is 1. The molecule has 0 fully saturated rings. The van der Waals surface area contributed by atoms with Crippen LogP contribution in [0.3, 0.4) is 0 Å². The molecule has 8 nitrogen and oxygen atoms in total. The summed E-state index contributed by atoms with van der Waals surface area (Å²) < 4.78 is 18.1. The van der Waals surface area contributed by atoms with Crippen LogP contribution < -0.4 is 15.8 Å². The number of nitrogen functional groups attached to an aromatic ring is 1. The van der Waals surface area contributed by atoms with Gasteiger partial charge in [-0.1, -0.05) is 0 Å². The molecule has 3 rings (SSSR count). The smallest absolute Gasteiger partial charge is 0.277 e. The van der Waals surface area contributed by atoms with Crippen LogP contribution in [-0.2, 0) is 0 Å². The fourth-order valence-corrected chi connectivity index (χ4v) is 2.09. The SMILES string of the molecule is CCOc1cnc(C(=O)Nc2nc(-c3ccc(F)nc3)ccc2N)cn1. The second kappa shape index (κ2) is 7.51. The van der Waals surface area contributed by atoms with Crippen molar-refractivity contribution in [3.05, 3.63) is 54.5 Å². The van der Waals surface area contributed by atoms with E-state index in [-0.39, 0.29) is 17.2 Å². The van der Waals surface area contributed by atoms with Crippen molar-refractivity contribution in [2.75, 3.05) is 17.7 Å². The van der Waals surface area contributed by atoms with Gasteiger partial charge in [0.15, 0.2) is 5.82 Å². The molecule has 3 aromatic rings.